The van der Waals surface area contributed by atoms with Crippen LogP contribution in [0.3, 0.4) is 0 Å². The molecule has 210 valence electrons. The third kappa shape index (κ3) is 5.97. The first-order chi connectivity index (χ1) is 16.9. The maximum absolute atomic E-state index is 11.7. The van der Waals surface area contributed by atoms with Crippen LogP contribution >= 0.6 is 0 Å². The number of hydrogen-bond donors (Lipinski definition) is 10. The number of hydrogen-bond acceptors (Lipinski definition) is 15. The molecule has 10 N–H and O–H groups in total. The van der Waals surface area contributed by atoms with Crippen LogP contribution in [0.25, 0.3) is 0 Å². The summed E-state index contributed by atoms with van der Waals surface area (Å²) in [5.41, 5.74) is 0. The molecule has 0 bridgehead atoms. The number of carbonyl (C=O) groups excluding carboxylic acids is 1. The summed E-state index contributed by atoms with van der Waals surface area (Å²) in [6.45, 7) is 1.00. The Kier molecular flexibility index (Phi) is 9.97. The third-order valence-corrected chi connectivity index (χ3v) is 6.46. The maximum Gasteiger partial charge on any atom is 0.217 e. The fraction of sp³-hybridized carbons (Fsp3) is 0.950. The lowest BCUT2D eigenvalue weighted by atomic mass is 9.95. The third-order valence-electron chi connectivity index (χ3n) is 6.46. The van der Waals surface area contributed by atoms with Crippen molar-refractivity contribution in [2.45, 2.75) is 106 Å². The summed E-state index contributed by atoms with van der Waals surface area (Å²) in [5.74, 6) is -0.632. The van der Waals surface area contributed by atoms with Gasteiger partial charge < -0.3 is 75.0 Å². The molecule has 16 nitrogen and oxygen atoms in total. The molecule has 0 aromatic heterocycles. The Labute approximate surface area is 205 Å². The average Bonchev–Trinajstić information content (AvgIpc) is 2.83. The van der Waals surface area contributed by atoms with Gasteiger partial charge in [-0.15, -0.1) is 0 Å². The van der Waals surface area contributed by atoms with E-state index in [4.69, 9.17) is 23.7 Å². The van der Waals surface area contributed by atoms with Crippen LogP contribution in [-0.4, -0.2) is 157 Å². The molecule has 0 radical (unpaired) electrons. The molecule has 3 fully saturated rings. The summed E-state index contributed by atoms with van der Waals surface area (Å²) in [5, 5.41) is 93.8. The first-order valence-electron chi connectivity index (χ1n) is 11.4. The zero-order chi connectivity index (χ0) is 26.9. The zero-order valence-electron chi connectivity index (χ0n) is 19.5. The zero-order valence-corrected chi connectivity index (χ0v) is 19.5. The average molecular weight is 529 g/mol. The number of amides is 1. The van der Waals surface area contributed by atoms with Gasteiger partial charge in [0, 0.05) is 6.92 Å². The SMILES string of the molecule is CC(=O)NC1C(O[C@@H]2OC(CO)[C@H](O)C(O)C2OC2O[C@@H](C)C(O)C(O)[C@H]2O)[C@@H](O)C(CO)O[C@H]1O. The quantitative estimate of drug-likeness (QED) is 0.147. The molecule has 36 heavy (non-hydrogen) atoms. The van der Waals surface area contributed by atoms with Crippen molar-refractivity contribution in [2.24, 2.45) is 0 Å². The van der Waals surface area contributed by atoms with E-state index in [1.165, 1.54) is 6.92 Å². The van der Waals surface area contributed by atoms with E-state index in [0.717, 1.165) is 6.92 Å². The first kappa shape index (κ1) is 29.5. The van der Waals surface area contributed by atoms with Gasteiger partial charge in [-0.05, 0) is 6.92 Å². The monoisotopic (exact) mass is 529 g/mol. The van der Waals surface area contributed by atoms with Gasteiger partial charge in [0.2, 0.25) is 5.91 Å². The van der Waals surface area contributed by atoms with Gasteiger partial charge in [-0.1, -0.05) is 0 Å². The predicted octanol–water partition coefficient (Wildman–Crippen LogP) is -6.40. The Bertz CT molecular complexity index is 731. The molecule has 0 saturated carbocycles. The molecule has 16 heteroatoms. The highest BCUT2D eigenvalue weighted by atomic mass is 16.8. The topological polar surface area (TPSA) is 257 Å². The lowest BCUT2D eigenvalue weighted by molar-refractivity contribution is -0.380. The largest absolute Gasteiger partial charge is 0.394 e. The van der Waals surface area contributed by atoms with Crippen molar-refractivity contribution >= 4 is 5.91 Å². The maximum atomic E-state index is 11.7. The lowest BCUT2D eigenvalue weighted by Gasteiger charge is -2.48. The van der Waals surface area contributed by atoms with Crippen molar-refractivity contribution in [1.82, 2.24) is 5.32 Å². The summed E-state index contributed by atoms with van der Waals surface area (Å²) >= 11 is 0. The molecule has 0 spiro atoms. The van der Waals surface area contributed by atoms with Crippen LogP contribution in [0.2, 0.25) is 0 Å². The van der Waals surface area contributed by atoms with E-state index in [1.807, 2.05) is 0 Å². The number of carbonyl (C=O) groups is 1. The van der Waals surface area contributed by atoms with Crippen molar-refractivity contribution < 1.29 is 74.4 Å². The van der Waals surface area contributed by atoms with Crippen molar-refractivity contribution in [2.75, 3.05) is 13.2 Å². The Morgan fingerprint density at radius 1 is 0.722 bits per heavy atom. The first-order valence-corrected chi connectivity index (χ1v) is 11.4. The fourth-order valence-electron chi connectivity index (χ4n) is 4.38. The van der Waals surface area contributed by atoms with Gasteiger partial charge in [0.1, 0.15) is 67.1 Å². The normalized spacial score (nSPS) is 50.0. The minimum absolute atomic E-state index is 0.632. The molecule has 15 atom stereocenters. The minimum Gasteiger partial charge on any atom is -0.394 e. The summed E-state index contributed by atoms with van der Waals surface area (Å²) in [4.78, 5) is 11.7. The molecular weight excluding hydrogens is 494 g/mol. The summed E-state index contributed by atoms with van der Waals surface area (Å²) in [6, 6.07) is -1.39. The lowest BCUT2D eigenvalue weighted by Crippen LogP contribution is -2.68. The number of aliphatic hydroxyl groups is 9. The second kappa shape index (κ2) is 12.2. The molecule has 3 heterocycles. The van der Waals surface area contributed by atoms with E-state index in [2.05, 4.69) is 5.32 Å². The van der Waals surface area contributed by atoms with Crippen LogP contribution in [0.5, 0.6) is 0 Å². The second-order valence-electron chi connectivity index (χ2n) is 9.05. The number of rotatable bonds is 7. The highest BCUT2D eigenvalue weighted by molar-refractivity contribution is 5.73. The highest BCUT2D eigenvalue weighted by Gasteiger charge is 2.53. The van der Waals surface area contributed by atoms with Gasteiger partial charge in [0.05, 0.1) is 19.3 Å². The predicted molar refractivity (Wildman–Crippen MR) is 111 cm³/mol. The number of ether oxygens (including phenoxy) is 5. The van der Waals surface area contributed by atoms with Crippen LogP contribution in [0.4, 0.5) is 0 Å². The molecule has 3 aliphatic heterocycles. The molecule has 3 aliphatic rings. The molecule has 1 amide bonds. The van der Waals surface area contributed by atoms with Crippen molar-refractivity contribution in [1.29, 1.82) is 0 Å². The van der Waals surface area contributed by atoms with Gasteiger partial charge in [0.15, 0.2) is 18.9 Å². The van der Waals surface area contributed by atoms with Gasteiger partial charge in [-0.3, -0.25) is 4.79 Å². The summed E-state index contributed by atoms with van der Waals surface area (Å²) in [6.07, 6.45) is -22.2. The van der Waals surface area contributed by atoms with Crippen LogP contribution in [-0.2, 0) is 28.5 Å². The van der Waals surface area contributed by atoms with E-state index in [1.54, 1.807) is 0 Å². The van der Waals surface area contributed by atoms with Crippen LogP contribution in [0.1, 0.15) is 13.8 Å². The second-order valence-corrected chi connectivity index (χ2v) is 9.05. The molecule has 0 aromatic carbocycles. The van der Waals surface area contributed by atoms with Gasteiger partial charge in [0.25, 0.3) is 0 Å². The van der Waals surface area contributed by atoms with Crippen LogP contribution in [0.15, 0.2) is 0 Å². The molecule has 3 saturated heterocycles. The van der Waals surface area contributed by atoms with Crippen LogP contribution < -0.4 is 5.32 Å². The Balaban J connectivity index is 1.89. The highest BCUT2D eigenvalue weighted by Crippen LogP contribution is 2.32. The molecule has 0 aromatic rings. The minimum atomic E-state index is -1.83. The Hall–Kier alpha value is -1.09. The van der Waals surface area contributed by atoms with E-state index >= 15 is 0 Å². The van der Waals surface area contributed by atoms with Crippen molar-refractivity contribution in [3.63, 3.8) is 0 Å². The van der Waals surface area contributed by atoms with E-state index in [0.29, 0.717) is 0 Å². The summed E-state index contributed by atoms with van der Waals surface area (Å²) < 4.78 is 27.4. The molecule has 9 unspecified atom stereocenters. The fourth-order valence-corrected chi connectivity index (χ4v) is 4.38. The van der Waals surface area contributed by atoms with Gasteiger partial charge >= 0.3 is 0 Å². The standard InChI is InChI=1S/C20H35NO15/c1-5-10(25)13(28)15(30)19(32-5)36-17-14(29)11(26)7(3-22)34-20(17)35-16-9(21-6(2)24)18(31)33-8(4-23)12(16)27/h5,7-20,22-23,25-31H,3-4H2,1-2H3,(H,21,24)/t5-,7?,8?,9?,10?,11-,12-,13?,14?,15+,16?,17?,18+,19?,20-/m0/s1. The Morgan fingerprint density at radius 3 is 1.89 bits per heavy atom. The van der Waals surface area contributed by atoms with Crippen LogP contribution in [0, 0.1) is 0 Å². The molecule has 3 rings (SSSR count). The number of aliphatic hydroxyl groups excluding tert-OH is 9. The smallest absolute Gasteiger partial charge is 0.217 e. The number of nitrogens with one attached hydrogen (secondary N) is 1. The van der Waals surface area contributed by atoms with E-state index < -0.39 is 111 Å². The Morgan fingerprint density at radius 2 is 1.31 bits per heavy atom. The molecule has 0 aliphatic carbocycles. The molecular formula is C20H35NO15. The van der Waals surface area contributed by atoms with Gasteiger partial charge in [-0.2, -0.15) is 0 Å². The van der Waals surface area contributed by atoms with Gasteiger partial charge in [-0.25, -0.2) is 0 Å². The van der Waals surface area contributed by atoms with E-state index in [-0.39, 0.29) is 0 Å². The van der Waals surface area contributed by atoms with Crippen molar-refractivity contribution in [3.05, 3.63) is 0 Å². The van der Waals surface area contributed by atoms with Crippen molar-refractivity contribution in [3.8, 4) is 0 Å². The summed E-state index contributed by atoms with van der Waals surface area (Å²) in [7, 11) is 0. The van der Waals surface area contributed by atoms with E-state index in [9.17, 15) is 50.8 Å².